The van der Waals surface area contributed by atoms with Gasteiger partial charge in [-0.25, -0.2) is 9.52 Å². The standard InChI is InChI=1S/C16H22ClN3O.C2H6/c1-9(2)16-11(4)18-20(12(16)5)15-8-13(17)14(19-21-6)7-10(15)3;1-2/h7-9,19H,1-6H3;1-2H3/p+1. The Morgan fingerprint density at radius 1 is 1.17 bits per heavy atom. The van der Waals surface area contributed by atoms with E-state index in [1.807, 2.05) is 30.7 Å². The van der Waals surface area contributed by atoms with Crippen molar-refractivity contribution in [3.63, 3.8) is 0 Å². The van der Waals surface area contributed by atoms with Crippen LogP contribution < -0.4 is 5.48 Å². The smallest absolute Gasteiger partial charge is 0.181 e. The Labute approximate surface area is 144 Å². The molecule has 0 atom stereocenters. The molecule has 2 rings (SSSR count). The van der Waals surface area contributed by atoms with Crippen LogP contribution in [0.15, 0.2) is 12.1 Å². The lowest BCUT2D eigenvalue weighted by atomic mass is 10.0. The first-order valence-corrected chi connectivity index (χ1v) is 8.47. The van der Waals surface area contributed by atoms with E-state index in [0.717, 1.165) is 22.6 Å². The highest BCUT2D eigenvalue weighted by atomic mass is 35.5. The molecule has 128 valence electrons. The van der Waals surface area contributed by atoms with E-state index in [2.05, 4.69) is 34.6 Å². The van der Waals surface area contributed by atoms with E-state index in [1.54, 1.807) is 12.6 Å². The number of hydrogen-bond acceptors (Lipinski definition) is 2. The molecule has 0 fully saturated rings. The molecular formula is C18H29ClN3O+. The molecule has 1 heterocycles. The molecular weight excluding hydrogens is 310 g/mol. The molecule has 1 aromatic heterocycles. The molecule has 0 amide bonds. The molecule has 4 nitrogen and oxygen atoms in total. The molecule has 0 unspecified atom stereocenters. The fourth-order valence-electron chi connectivity index (χ4n) is 2.86. The van der Waals surface area contributed by atoms with Crippen molar-refractivity contribution < 1.29 is 10.3 Å². The van der Waals surface area contributed by atoms with Gasteiger partial charge in [-0.3, -0.25) is 0 Å². The number of benzene rings is 1. The number of aryl methyl sites for hydroxylation is 2. The minimum absolute atomic E-state index is 0.454. The van der Waals surface area contributed by atoms with Crippen LogP contribution >= 0.6 is 11.6 Å². The van der Waals surface area contributed by atoms with Gasteiger partial charge in [-0.05, 0) is 43.9 Å². The Balaban J connectivity index is 0.00000127. The van der Waals surface area contributed by atoms with Crippen LogP contribution in [0.4, 0.5) is 5.69 Å². The molecule has 0 radical (unpaired) electrons. The summed E-state index contributed by atoms with van der Waals surface area (Å²) in [5, 5.41) is 5.36. The predicted molar refractivity (Wildman–Crippen MR) is 96.8 cm³/mol. The SMILES string of the molecule is CC.CO[NH2+]c1cc(C)c(-n2nc(C)c(C(C)C)c2C)cc1Cl. The lowest BCUT2D eigenvalue weighted by molar-refractivity contribution is -0.830. The Bertz CT molecular complexity index is 663. The van der Waals surface area contributed by atoms with Crippen molar-refractivity contribution in [3.05, 3.63) is 39.7 Å². The molecule has 0 spiro atoms. The Morgan fingerprint density at radius 2 is 1.78 bits per heavy atom. The number of aromatic nitrogens is 2. The van der Waals surface area contributed by atoms with E-state index in [9.17, 15) is 0 Å². The number of quaternary nitrogens is 1. The maximum Gasteiger partial charge on any atom is 0.181 e. The summed E-state index contributed by atoms with van der Waals surface area (Å²) in [6, 6.07) is 3.97. The molecule has 0 aliphatic rings. The van der Waals surface area contributed by atoms with Gasteiger partial charge in [0.15, 0.2) is 5.69 Å². The molecule has 2 aromatic rings. The normalized spacial score (nSPS) is 10.7. The summed E-state index contributed by atoms with van der Waals surface area (Å²) in [5.74, 6) is 0.454. The lowest BCUT2D eigenvalue weighted by Crippen LogP contribution is -2.76. The lowest BCUT2D eigenvalue weighted by Gasteiger charge is -2.11. The van der Waals surface area contributed by atoms with E-state index < -0.39 is 0 Å². The average molecular weight is 339 g/mol. The Hall–Kier alpha value is -1.36. The van der Waals surface area contributed by atoms with Crippen LogP contribution in [0, 0.1) is 20.8 Å². The van der Waals surface area contributed by atoms with Crippen LogP contribution in [0.25, 0.3) is 5.69 Å². The molecule has 0 bridgehead atoms. The van der Waals surface area contributed by atoms with Crippen LogP contribution in [0.1, 0.15) is 56.1 Å². The van der Waals surface area contributed by atoms with E-state index in [4.69, 9.17) is 21.5 Å². The first-order valence-electron chi connectivity index (χ1n) is 8.09. The largest absolute Gasteiger partial charge is 0.237 e. The van der Waals surface area contributed by atoms with Crippen molar-refractivity contribution in [2.24, 2.45) is 0 Å². The van der Waals surface area contributed by atoms with Crippen molar-refractivity contribution in [2.45, 2.75) is 54.4 Å². The van der Waals surface area contributed by atoms with Gasteiger partial charge >= 0.3 is 0 Å². The summed E-state index contributed by atoms with van der Waals surface area (Å²) >= 11 is 6.34. The van der Waals surface area contributed by atoms with Crippen LogP contribution in [0.5, 0.6) is 0 Å². The summed E-state index contributed by atoms with van der Waals surface area (Å²) in [5.41, 5.74) is 8.21. The van der Waals surface area contributed by atoms with Gasteiger partial charge in [0.05, 0.1) is 18.5 Å². The van der Waals surface area contributed by atoms with Gasteiger partial charge in [0.1, 0.15) is 5.02 Å². The van der Waals surface area contributed by atoms with Gasteiger partial charge in [0.2, 0.25) is 0 Å². The van der Waals surface area contributed by atoms with Gasteiger partial charge in [-0.2, -0.15) is 10.6 Å². The van der Waals surface area contributed by atoms with Crippen molar-refractivity contribution in [3.8, 4) is 5.69 Å². The third kappa shape index (κ3) is 4.14. The second kappa shape index (κ2) is 8.48. The number of nitrogens with zero attached hydrogens (tertiary/aromatic N) is 2. The highest BCUT2D eigenvalue weighted by molar-refractivity contribution is 6.32. The zero-order valence-corrected chi connectivity index (χ0v) is 16.2. The second-order valence-electron chi connectivity index (χ2n) is 5.66. The monoisotopic (exact) mass is 338 g/mol. The Morgan fingerprint density at radius 3 is 2.26 bits per heavy atom. The number of rotatable bonds is 4. The fourth-order valence-corrected chi connectivity index (χ4v) is 3.07. The molecule has 5 heteroatoms. The maximum absolute atomic E-state index is 6.34. The third-order valence-corrected chi connectivity index (χ3v) is 4.04. The number of halogens is 1. The van der Waals surface area contributed by atoms with Gasteiger partial charge < -0.3 is 0 Å². The zero-order chi connectivity index (χ0) is 17.7. The number of hydrogen-bond donors (Lipinski definition) is 1. The summed E-state index contributed by atoms with van der Waals surface area (Å²) in [6.07, 6.45) is 0. The zero-order valence-electron chi connectivity index (χ0n) is 15.5. The van der Waals surface area contributed by atoms with E-state index in [1.165, 1.54) is 11.3 Å². The maximum atomic E-state index is 6.34. The summed E-state index contributed by atoms with van der Waals surface area (Å²) in [7, 11) is 1.62. The minimum atomic E-state index is 0.454. The molecule has 23 heavy (non-hydrogen) atoms. The minimum Gasteiger partial charge on any atom is -0.237 e. The number of nitrogens with two attached hydrogens (primary N) is 1. The fraction of sp³-hybridized carbons (Fsp3) is 0.500. The second-order valence-corrected chi connectivity index (χ2v) is 6.07. The van der Waals surface area contributed by atoms with Gasteiger partial charge in [-0.1, -0.05) is 39.3 Å². The molecule has 0 aliphatic heterocycles. The molecule has 1 aromatic carbocycles. The highest BCUT2D eigenvalue weighted by Crippen LogP contribution is 2.29. The molecule has 0 aliphatic carbocycles. The Kier molecular flexibility index (Phi) is 7.26. The predicted octanol–water partition coefficient (Wildman–Crippen LogP) is 4.36. The van der Waals surface area contributed by atoms with E-state index in [-0.39, 0.29) is 0 Å². The van der Waals surface area contributed by atoms with Crippen LogP contribution in [-0.4, -0.2) is 16.9 Å². The van der Waals surface area contributed by atoms with Crippen molar-refractivity contribution in [1.82, 2.24) is 9.78 Å². The summed E-state index contributed by atoms with van der Waals surface area (Å²) in [4.78, 5) is 5.06. The van der Waals surface area contributed by atoms with Crippen LogP contribution in [0.2, 0.25) is 5.02 Å². The topological polar surface area (TPSA) is 43.7 Å². The van der Waals surface area contributed by atoms with Crippen LogP contribution in [0.3, 0.4) is 0 Å². The van der Waals surface area contributed by atoms with Gasteiger partial charge in [0.25, 0.3) is 0 Å². The average Bonchev–Trinajstić information content (AvgIpc) is 2.79. The third-order valence-electron chi connectivity index (χ3n) is 3.71. The van der Waals surface area contributed by atoms with Gasteiger partial charge in [-0.15, -0.1) is 0 Å². The quantitative estimate of drug-likeness (QED) is 0.665. The highest BCUT2D eigenvalue weighted by Gasteiger charge is 2.18. The van der Waals surface area contributed by atoms with Crippen molar-refractivity contribution in [1.29, 1.82) is 0 Å². The van der Waals surface area contributed by atoms with Crippen LogP contribution in [-0.2, 0) is 4.84 Å². The molecule has 0 saturated carbocycles. The molecule has 2 N–H and O–H groups in total. The molecule has 0 saturated heterocycles. The first-order chi connectivity index (χ1) is 10.9. The van der Waals surface area contributed by atoms with Crippen molar-refractivity contribution >= 4 is 17.3 Å². The van der Waals surface area contributed by atoms with Gasteiger partial charge in [0, 0.05) is 11.8 Å². The summed E-state index contributed by atoms with van der Waals surface area (Å²) in [6.45, 7) is 14.6. The summed E-state index contributed by atoms with van der Waals surface area (Å²) < 4.78 is 1.99. The van der Waals surface area contributed by atoms with Crippen molar-refractivity contribution in [2.75, 3.05) is 7.11 Å². The van der Waals surface area contributed by atoms with E-state index >= 15 is 0 Å². The van der Waals surface area contributed by atoms with E-state index in [0.29, 0.717) is 10.9 Å². The first kappa shape index (κ1) is 19.7.